The zero-order chi connectivity index (χ0) is 23.8. The van der Waals surface area contributed by atoms with Gasteiger partial charge in [-0.15, -0.1) is 11.8 Å². The van der Waals surface area contributed by atoms with E-state index < -0.39 is 63.6 Å². The highest BCUT2D eigenvalue weighted by molar-refractivity contribution is 8.01. The number of rotatable bonds is 10. The fourth-order valence-electron chi connectivity index (χ4n) is 2.76. The molecule has 0 radical (unpaired) electrons. The molecule has 11 nitrogen and oxygen atoms in total. The SMILES string of the molecule is CCS(=O)(=O)CCS[C@@H]1O[C@@H](COC(C)=O)[C@@H](OC(C)=O)[C@@H](OC(C)=O)[C@H]1OC(C)=O. The summed E-state index contributed by atoms with van der Waals surface area (Å²) in [6.07, 6.45) is -4.75. The van der Waals surface area contributed by atoms with Crippen molar-refractivity contribution < 1.29 is 51.3 Å². The van der Waals surface area contributed by atoms with Crippen LogP contribution in [0.25, 0.3) is 0 Å². The second-order valence-electron chi connectivity index (χ2n) is 6.67. The van der Waals surface area contributed by atoms with Crippen LogP contribution in [0.15, 0.2) is 0 Å². The van der Waals surface area contributed by atoms with E-state index in [1.54, 1.807) is 0 Å². The first kappa shape index (κ1) is 27.2. The maximum atomic E-state index is 11.8. The Bertz CT molecular complexity index is 764. The molecule has 1 fully saturated rings. The lowest BCUT2D eigenvalue weighted by Crippen LogP contribution is -2.61. The summed E-state index contributed by atoms with van der Waals surface area (Å²) in [5, 5.41) is 0. The molecule has 0 aromatic rings. The van der Waals surface area contributed by atoms with E-state index in [0.717, 1.165) is 32.5 Å². The van der Waals surface area contributed by atoms with Gasteiger partial charge in [-0.3, -0.25) is 19.2 Å². The Morgan fingerprint density at radius 3 is 1.84 bits per heavy atom. The second-order valence-corrected chi connectivity index (χ2v) is 10.4. The number of carbonyl (C=O) groups excluding carboxylic acids is 4. The molecule has 1 rings (SSSR count). The Morgan fingerprint density at radius 2 is 1.35 bits per heavy atom. The molecule has 178 valence electrons. The van der Waals surface area contributed by atoms with Gasteiger partial charge in [0.1, 0.15) is 18.1 Å². The van der Waals surface area contributed by atoms with Crippen LogP contribution in [-0.2, 0) is 52.7 Å². The normalized spacial score (nSPS) is 25.9. The van der Waals surface area contributed by atoms with E-state index >= 15 is 0 Å². The van der Waals surface area contributed by atoms with E-state index in [9.17, 15) is 27.6 Å². The highest BCUT2D eigenvalue weighted by atomic mass is 32.2. The monoisotopic (exact) mass is 484 g/mol. The summed E-state index contributed by atoms with van der Waals surface area (Å²) in [6.45, 7) is 5.76. The van der Waals surface area contributed by atoms with Gasteiger partial charge in [0.2, 0.25) is 0 Å². The predicted octanol–water partition coefficient (Wildman–Crippen LogP) is 0.237. The molecule has 5 atom stereocenters. The molecule has 0 aromatic heterocycles. The number of carbonyl (C=O) groups is 4. The Morgan fingerprint density at radius 1 is 0.839 bits per heavy atom. The Balaban J connectivity index is 3.24. The van der Waals surface area contributed by atoms with Gasteiger partial charge in [0.05, 0.1) is 5.75 Å². The minimum atomic E-state index is -3.26. The molecule has 0 aromatic carbocycles. The molecular weight excluding hydrogens is 456 g/mol. The topological polar surface area (TPSA) is 149 Å². The fraction of sp³-hybridized carbons (Fsp3) is 0.778. The van der Waals surface area contributed by atoms with Gasteiger partial charge in [-0.1, -0.05) is 6.92 Å². The first-order valence-electron chi connectivity index (χ1n) is 9.48. The van der Waals surface area contributed by atoms with E-state index in [1.165, 1.54) is 13.8 Å². The highest BCUT2D eigenvalue weighted by Gasteiger charge is 2.52. The number of thioether (sulfide) groups is 1. The van der Waals surface area contributed by atoms with E-state index in [4.69, 9.17) is 23.7 Å². The van der Waals surface area contributed by atoms with Crippen LogP contribution in [0, 0.1) is 0 Å². The summed E-state index contributed by atoms with van der Waals surface area (Å²) in [5.74, 6) is -2.87. The van der Waals surface area contributed by atoms with Crippen LogP contribution >= 0.6 is 11.8 Å². The molecule has 31 heavy (non-hydrogen) atoms. The summed E-state index contributed by atoms with van der Waals surface area (Å²) < 4.78 is 50.3. The third-order valence-electron chi connectivity index (χ3n) is 4.06. The van der Waals surface area contributed by atoms with Crippen LogP contribution in [0.1, 0.15) is 34.6 Å². The van der Waals surface area contributed by atoms with E-state index in [2.05, 4.69) is 0 Å². The summed E-state index contributed by atoms with van der Waals surface area (Å²) in [7, 11) is -3.26. The van der Waals surface area contributed by atoms with Gasteiger partial charge in [-0.25, -0.2) is 8.42 Å². The Kier molecular flexibility index (Phi) is 10.7. The average Bonchev–Trinajstić information content (AvgIpc) is 2.63. The molecule has 1 aliphatic rings. The van der Waals surface area contributed by atoms with Crippen molar-refractivity contribution in [1.29, 1.82) is 0 Å². The molecule has 13 heteroatoms. The lowest BCUT2D eigenvalue weighted by molar-refractivity contribution is -0.237. The number of sulfone groups is 1. The summed E-state index contributed by atoms with van der Waals surface area (Å²) >= 11 is 1.03. The van der Waals surface area contributed by atoms with E-state index in [0.29, 0.717) is 0 Å². The van der Waals surface area contributed by atoms with Crippen LogP contribution < -0.4 is 0 Å². The summed E-state index contributed by atoms with van der Waals surface area (Å²) in [5.41, 5.74) is -0.979. The summed E-state index contributed by atoms with van der Waals surface area (Å²) in [6, 6.07) is 0. The Labute approximate surface area is 185 Å². The van der Waals surface area contributed by atoms with E-state index in [-0.39, 0.29) is 23.9 Å². The standard InChI is InChI=1S/C18H28O11S2/c1-6-31(23,24)8-7-30-18-17(28-13(5)22)16(27-12(4)21)15(26-11(3)20)14(29-18)9-25-10(2)19/h14-18H,6-9H2,1-5H3/t14-,15+,16+,17+,18-/m0/s1. The number of hydrogen-bond donors (Lipinski definition) is 0. The average molecular weight is 485 g/mol. The lowest BCUT2D eigenvalue weighted by atomic mass is 9.99. The molecule has 0 amide bonds. The van der Waals surface area contributed by atoms with Crippen molar-refractivity contribution in [1.82, 2.24) is 0 Å². The van der Waals surface area contributed by atoms with Crippen LogP contribution in [-0.4, -0.2) is 86.0 Å². The lowest BCUT2D eigenvalue weighted by Gasteiger charge is -2.44. The third kappa shape index (κ3) is 9.44. The van der Waals surface area contributed by atoms with Gasteiger partial charge in [0.15, 0.2) is 28.1 Å². The van der Waals surface area contributed by atoms with Crippen molar-refractivity contribution in [3.05, 3.63) is 0 Å². The van der Waals surface area contributed by atoms with E-state index in [1.807, 2.05) is 0 Å². The second kappa shape index (κ2) is 12.2. The zero-order valence-electron chi connectivity index (χ0n) is 18.0. The molecule has 0 unspecified atom stereocenters. The van der Waals surface area contributed by atoms with Gasteiger partial charge in [0, 0.05) is 39.2 Å². The van der Waals surface area contributed by atoms with Gasteiger partial charge in [-0.05, 0) is 0 Å². The summed E-state index contributed by atoms with van der Waals surface area (Å²) in [4.78, 5) is 46.3. The van der Waals surface area contributed by atoms with Crippen molar-refractivity contribution in [2.75, 3.05) is 23.9 Å². The molecule has 1 aliphatic heterocycles. The molecular formula is C18H28O11S2. The van der Waals surface area contributed by atoms with Crippen LogP contribution in [0.4, 0.5) is 0 Å². The van der Waals surface area contributed by atoms with Crippen LogP contribution in [0.3, 0.4) is 0 Å². The van der Waals surface area contributed by atoms with Crippen molar-refractivity contribution in [3.8, 4) is 0 Å². The first-order chi connectivity index (χ1) is 14.4. The molecule has 1 saturated heterocycles. The molecule has 0 saturated carbocycles. The molecule has 0 N–H and O–H groups in total. The third-order valence-corrected chi connectivity index (χ3v) is 7.18. The predicted molar refractivity (Wildman–Crippen MR) is 109 cm³/mol. The number of esters is 4. The molecule has 0 bridgehead atoms. The van der Waals surface area contributed by atoms with Crippen LogP contribution in [0.5, 0.6) is 0 Å². The molecule has 0 aliphatic carbocycles. The smallest absolute Gasteiger partial charge is 0.303 e. The quantitative estimate of drug-likeness (QED) is 0.309. The molecule has 1 heterocycles. The van der Waals surface area contributed by atoms with Gasteiger partial charge in [0.25, 0.3) is 0 Å². The highest BCUT2D eigenvalue weighted by Crippen LogP contribution is 2.34. The van der Waals surface area contributed by atoms with Crippen molar-refractivity contribution >= 4 is 45.5 Å². The van der Waals surface area contributed by atoms with Gasteiger partial charge < -0.3 is 23.7 Å². The number of hydrogen-bond acceptors (Lipinski definition) is 12. The maximum Gasteiger partial charge on any atom is 0.303 e. The van der Waals surface area contributed by atoms with Crippen LogP contribution in [0.2, 0.25) is 0 Å². The first-order valence-corrected chi connectivity index (χ1v) is 12.4. The van der Waals surface area contributed by atoms with Crippen molar-refractivity contribution in [3.63, 3.8) is 0 Å². The minimum Gasteiger partial charge on any atom is -0.463 e. The fourth-order valence-corrected chi connectivity index (χ4v) is 5.30. The maximum absolute atomic E-state index is 11.8. The van der Waals surface area contributed by atoms with Gasteiger partial charge >= 0.3 is 23.9 Å². The minimum absolute atomic E-state index is 0.0356. The number of ether oxygens (including phenoxy) is 5. The largest absolute Gasteiger partial charge is 0.463 e. The van der Waals surface area contributed by atoms with Crippen molar-refractivity contribution in [2.45, 2.75) is 64.5 Å². The molecule has 0 spiro atoms. The Hall–Kier alpha value is -1.86. The van der Waals surface area contributed by atoms with Gasteiger partial charge in [-0.2, -0.15) is 0 Å². The zero-order valence-corrected chi connectivity index (χ0v) is 19.7. The van der Waals surface area contributed by atoms with Crippen molar-refractivity contribution in [2.24, 2.45) is 0 Å².